The summed E-state index contributed by atoms with van der Waals surface area (Å²) in [7, 11) is 1.87. The normalized spacial score (nSPS) is 20.2. The van der Waals surface area contributed by atoms with Gasteiger partial charge in [-0.25, -0.2) is 0 Å². The second-order valence-electron chi connectivity index (χ2n) is 6.10. The summed E-state index contributed by atoms with van der Waals surface area (Å²) < 4.78 is 0. The molecule has 1 aromatic rings. The molecule has 0 saturated carbocycles. The first kappa shape index (κ1) is 15.7. The molecule has 1 heterocycles. The molecule has 21 heavy (non-hydrogen) atoms. The molecule has 1 saturated heterocycles. The first-order valence-corrected chi connectivity index (χ1v) is 7.44. The fraction of sp³-hybridized carbons (Fsp3) is 0.529. The number of rotatable bonds is 4. The van der Waals surface area contributed by atoms with Gasteiger partial charge in [0.25, 0.3) is 0 Å². The van der Waals surface area contributed by atoms with Crippen LogP contribution in [-0.4, -0.2) is 30.3 Å². The van der Waals surface area contributed by atoms with Crippen LogP contribution in [-0.2, 0) is 9.59 Å². The largest absolute Gasteiger partial charge is 0.312 e. The van der Waals surface area contributed by atoms with Crippen LogP contribution in [0.1, 0.15) is 41.6 Å². The maximum atomic E-state index is 12.1. The molecule has 2 rings (SSSR count). The zero-order valence-corrected chi connectivity index (χ0v) is 13.5. The van der Waals surface area contributed by atoms with Gasteiger partial charge in [0, 0.05) is 18.9 Å². The predicted octanol–water partition coefficient (Wildman–Crippen LogP) is 2.27. The van der Waals surface area contributed by atoms with E-state index < -0.39 is 0 Å². The summed E-state index contributed by atoms with van der Waals surface area (Å²) in [5.74, 6) is -0.298. The van der Waals surface area contributed by atoms with Crippen molar-refractivity contribution in [3.8, 4) is 0 Å². The smallest absolute Gasteiger partial charge is 0.232 e. The van der Waals surface area contributed by atoms with Gasteiger partial charge in [0.1, 0.15) is 0 Å². The van der Waals surface area contributed by atoms with E-state index in [1.807, 2.05) is 14.0 Å². The van der Waals surface area contributed by atoms with Gasteiger partial charge in [-0.2, -0.15) is 0 Å². The molecule has 2 amide bonds. The molecule has 0 aromatic heterocycles. The third-order valence-corrected chi connectivity index (χ3v) is 4.27. The van der Waals surface area contributed by atoms with Crippen LogP contribution >= 0.6 is 0 Å². The second-order valence-corrected chi connectivity index (χ2v) is 6.10. The van der Waals surface area contributed by atoms with E-state index in [4.69, 9.17) is 0 Å². The molecule has 1 fully saturated rings. The van der Waals surface area contributed by atoms with Crippen LogP contribution in [0, 0.1) is 26.7 Å². The number of carbonyl (C=O) groups is 2. The van der Waals surface area contributed by atoms with E-state index in [0.29, 0.717) is 13.0 Å². The van der Waals surface area contributed by atoms with E-state index >= 15 is 0 Å². The lowest BCUT2D eigenvalue weighted by Gasteiger charge is -2.26. The van der Waals surface area contributed by atoms with Crippen molar-refractivity contribution >= 4 is 11.8 Å². The van der Waals surface area contributed by atoms with Crippen LogP contribution in [0.15, 0.2) is 12.1 Å². The van der Waals surface area contributed by atoms with Gasteiger partial charge in [-0.15, -0.1) is 0 Å². The van der Waals surface area contributed by atoms with Gasteiger partial charge in [0.2, 0.25) is 11.8 Å². The minimum Gasteiger partial charge on any atom is -0.312 e. The van der Waals surface area contributed by atoms with Crippen molar-refractivity contribution in [3.63, 3.8) is 0 Å². The zero-order chi connectivity index (χ0) is 15.7. The summed E-state index contributed by atoms with van der Waals surface area (Å²) in [6, 6.07) is 4.26. The first-order valence-electron chi connectivity index (χ1n) is 7.44. The maximum absolute atomic E-state index is 12.1. The summed E-state index contributed by atoms with van der Waals surface area (Å²) in [5.41, 5.74) is 4.80. The highest BCUT2D eigenvalue weighted by molar-refractivity contribution is 6.03. The first-order chi connectivity index (χ1) is 9.85. The number of hydrogen-bond donors (Lipinski definition) is 1. The Morgan fingerprint density at radius 3 is 2.24 bits per heavy atom. The third kappa shape index (κ3) is 3.00. The summed E-state index contributed by atoms with van der Waals surface area (Å²) in [6.45, 7) is 8.46. The molecule has 4 nitrogen and oxygen atoms in total. The SMILES string of the molecule is CNC(CN1C(=O)CC(C)C1=O)c1c(C)cc(C)cc1C. The number of aryl methyl sites for hydroxylation is 3. The fourth-order valence-electron chi connectivity index (χ4n) is 3.29. The van der Waals surface area contributed by atoms with Crippen LogP contribution in [0.25, 0.3) is 0 Å². The highest BCUT2D eigenvalue weighted by Gasteiger charge is 2.37. The number of nitrogens with one attached hydrogen (secondary N) is 1. The highest BCUT2D eigenvalue weighted by Crippen LogP contribution is 2.27. The lowest BCUT2D eigenvalue weighted by molar-refractivity contribution is -0.139. The number of carbonyl (C=O) groups excluding carboxylic acids is 2. The summed E-state index contributed by atoms with van der Waals surface area (Å²) in [6.07, 6.45) is 0.334. The van der Waals surface area contributed by atoms with E-state index in [1.165, 1.54) is 27.2 Å². The Bertz CT molecular complexity index is 557. The Morgan fingerprint density at radius 2 is 1.81 bits per heavy atom. The van der Waals surface area contributed by atoms with Gasteiger partial charge in [0.15, 0.2) is 0 Å². The van der Waals surface area contributed by atoms with Crippen molar-refractivity contribution in [2.45, 2.75) is 40.2 Å². The lowest BCUT2D eigenvalue weighted by atomic mass is 9.93. The lowest BCUT2D eigenvalue weighted by Crippen LogP contribution is -2.38. The Kier molecular flexibility index (Phi) is 4.47. The predicted molar refractivity (Wildman–Crippen MR) is 83.0 cm³/mol. The number of benzene rings is 1. The second kappa shape index (κ2) is 5.98. The van der Waals surface area contributed by atoms with E-state index in [2.05, 4.69) is 38.2 Å². The Morgan fingerprint density at radius 1 is 1.24 bits per heavy atom. The Balaban J connectivity index is 2.29. The molecule has 2 atom stereocenters. The summed E-state index contributed by atoms with van der Waals surface area (Å²) >= 11 is 0. The Hall–Kier alpha value is -1.68. The number of amides is 2. The molecular formula is C17H24N2O2. The summed E-state index contributed by atoms with van der Waals surface area (Å²) in [4.78, 5) is 25.5. The van der Waals surface area contributed by atoms with Gasteiger partial charge in [0.05, 0.1) is 6.04 Å². The molecule has 1 aliphatic heterocycles. The molecular weight excluding hydrogens is 264 g/mol. The highest BCUT2D eigenvalue weighted by atomic mass is 16.2. The van der Waals surface area contributed by atoms with Crippen molar-refractivity contribution in [2.24, 2.45) is 5.92 Å². The van der Waals surface area contributed by atoms with Gasteiger partial charge < -0.3 is 5.32 Å². The molecule has 0 spiro atoms. The molecule has 0 bridgehead atoms. The topological polar surface area (TPSA) is 49.4 Å². The minimum atomic E-state index is -0.185. The third-order valence-electron chi connectivity index (χ3n) is 4.27. The average molecular weight is 288 g/mol. The number of likely N-dealkylation sites (N-methyl/N-ethyl adjacent to an activating group) is 1. The molecule has 114 valence electrons. The summed E-state index contributed by atoms with van der Waals surface area (Å²) in [5, 5.41) is 3.26. The van der Waals surface area contributed by atoms with E-state index in [-0.39, 0.29) is 23.8 Å². The zero-order valence-electron chi connectivity index (χ0n) is 13.5. The number of hydrogen-bond acceptors (Lipinski definition) is 3. The van der Waals surface area contributed by atoms with Gasteiger partial charge in [-0.1, -0.05) is 24.6 Å². The van der Waals surface area contributed by atoms with E-state index in [9.17, 15) is 9.59 Å². The van der Waals surface area contributed by atoms with Crippen LogP contribution in [0.5, 0.6) is 0 Å². The molecule has 4 heteroatoms. The number of likely N-dealkylation sites (tertiary alicyclic amines) is 1. The molecule has 0 radical (unpaired) electrons. The monoisotopic (exact) mass is 288 g/mol. The van der Waals surface area contributed by atoms with Crippen LogP contribution in [0.3, 0.4) is 0 Å². The number of imide groups is 1. The van der Waals surface area contributed by atoms with Crippen LogP contribution < -0.4 is 5.32 Å². The maximum Gasteiger partial charge on any atom is 0.232 e. The molecule has 1 aromatic carbocycles. The molecule has 1 aliphatic rings. The van der Waals surface area contributed by atoms with E-state index in [1.54, 1.807) is 0 Å². The van der Waals surface area contributed by atoms with Gasteiger partial charge >= 0.3 is 0 Å². The Labute approximate surface area is 126 Å². The molecule has 1 N–H and O–H groups in total. The van der Waals surface area contributed by atoms with Crippen LogP contribution in [0.2, 0.25) is 0 Å². The van der Waals surface area contributed by atoms with Crippen molar-refractivity contribution in [1.82, 2.24) is 10.2 Å². The molecule has 0 aliphatic carbocycles. The van der Waals surface area contributed by atoms with Crippen molar-refractivity contribution < 1.29 is 9.59 Å². The van der Waals surface area contributed by atoms with Crippen molar-refractivity contribution in [2.75, 3.05) is 13.6 Å². The van der Waals surface area contributed by atoms with Crippen molar-refractivity contribution in [1.29, 1.82) is 0 Å². The standard InChI is InChI=1S/C17H24N2O2/c1-10-6-11(2)16(12(3)7-10)14(18-5)9-19-15(20)8-13(4)17(19)21/h6-7,13-14,18H,8-9H2,1-5H3. The van der Waals surface area contributed by atoms with Gasteiger partial charge in [-0.05, 0) is 44.5 Å². The quantitative estimate of drug-likeness (QED) is 0.865. The molecule has 2 unspecified atom stereocenters. The fourth-order valence-corrected chi connectivity index (χ4v) is 3.29. The van der Waals surface area contributed by atoms with Gasteiger partial charge in [-0.3, -0.25) is 14.5 Å². The van der Waals surface area contributed by atoms with Crippen LogP contribution in [0.4, 0.5) is 0 Å². The van der Waals surface area contributed by atoms with E-state index in [0.717, 1.165) is 0 Å². The number of nitrogens with zero attached hydrogens (tertiary/aromatic N) is 1. The average Bonchev–Trinajstić information content (AvgIpc) is 2.62. The van der Waals surface area contributed by atoms with Crippen molar-refractivity contribution in [3.05, 3.63) is 34.4 Å². The minimum absolute atomic E-state index is 0.0243.